The molecule has 1 aliphatic heterocycles. The first-order chi connectivity index (χ1) is 9.84. The van der Waals surface area contributed by atoms with Gasteiger partial charge in [0.15, 0.2) is 5.79 Å². The minimum Gasteiger partial charge on any atom is -0.384 e. The van der Waals surface area contributed by atoms with Gasteiger partial charge in [-0.05, 0) is 25.1 Å². The maximum atomic E-state index is 12.6. The van der Waals surface area contributed by atoms with Crippen molar-refractivity contribution in [2.45, 2.75) is 25.3 Å². The highest BCUT2D eigenvalue weighted by Gasteiger charge is 2.32. The Balaban J connectivity index is 2.02. The third-order valence-electron chi connectivity index (χ3n) is 3.26. The van der Waals surface area contributed by atoms with Gasteiger partial charge in [0, 0.05) is 13.0 Å². The zero-order valence-corrected chi connectivity index (χ0v) is 11.5. The van der Waals surface area contributed by atoms with E-state index < -0.39 is 17.5 Å². The van der Waals surface area contributed by atoms with Gasteiger partial charge in [-0.2, -0.15) is 18.4 Å². The Hall–Kier alpha value is -1.78. The molecule has 0 aliphatic carbocycles. The molecule has 4 nitrogen and oxygen atoms in total. The second-order valence-corrected chi connectivity index (χ2v) is 4.88. The maximum Gasteiger partial charge on any atom is 0.416 e. The first kappa shape index (κ1) is 15.6. The van der Waals surface area contributed by atoms with Crippen LogP contribution >= 0.6 is 0 Å². The number of halogens is 3. The summed E-state index contributed by atoms with van der Waals surface area (Å²) in [5, 5.41) is 11.9. The molecule has 0 bridgehead atoms. The number of ether oxygens (including phenoxy) is 2. The Kier molecular flexibility index (Phi) is 4.40. The average Bonchev–Trinajstić information content (AvgIpc) is 2.85. The Bertz CT molecular complexity index is 546. The van der Waals surface area contributed by atoms with E-state index in [1.165, 1.54) is 6.07 Å². The van der Waals surface area contributed by atoms with Crippen molar-refractivity contribution in [2.24, 2.45) is 0 Å². The van der Waals surface area contributed by atoms with Crippen molar-refractivity contribution in [3.8, 4) is 6.07 Å². The van der Waals surface area contributed by atoms with E-state index in [-0.39, 0.29) is 5.56 Å². The molecule has 0 atom stereocenters. The fourth-order valence-corrected chi connectivity index (χ4v) is 2.09. The lowest BCUT2D eigenvalue weighted by molar-refractivity contribution is -0.144. The predicted octanol–water partition coefficient (Wildman–Crippen LogP) is 3.14. The summed E-state index contributed by atoms with van der Waals surface area (Å²) in [6.45, 7) is 3.29. The van der Waals surface area contributed by atoms with Gasteiger partial charge in [0.1, 0.15) is 6.07 Å². The number of hydrogen-bond donors (Lipinski definition) is 1. The smallest absolute Gasteiger partial charge is 0.384 e. The molecule has 1 heterocycles. The molecule has 21 heavy (non-hydrogen) atoms. The fraction of sp³-hybridized carbons (Fsp3) is 0.500. The summed E-state index contributed by atoms with van der Waals surface area (Å²) in [6.07, 6.45) is -3.93. The van der Waals surface area contributed by atoms with Crippen molar-refractivity contribution in [1.82, 2.24) is 0 Å². The highest BCUT2D eigenvalue weighted by Crippen LogP contribution is 2.31. The molecule has 7 heteroatoms. The van der Waals surface area contributed by atoms with Crippen LogP contribution in [0, 0.1) is 11.3 Å². The van der Waals surface area contributed by atoms with Gasteiger partial charge < -0.3 is 14.8 Å². The first-order valence-electron chi connectivity index (χ1n) is 6.47. The highest BCUT2D eigenvalue weighted by atomic mass is 19.4. The van der Waals surface area contributed by atoms with Gasteiger partial charge in [-0.15, -0.1) is 0 Å². The Morgan fingerprint density at radius 3 is 2.57 bits per heavy atom. The van der Waals surface area contributed by atoms with Gasteiger partial charge in [-0.1, -0.05) is 0 Å². The maximum absolute atomic E-state index is 12.6. The van der Waals surface area contributed by atoms with E-state index >= 15 is 0 Å². The SMILES string of the molecule is CC1(CCNc2ccc(C(F)(F)F)cc2C#N)OCCO1. The van der Waals surface area contributed by atoms with Crippen molar-refractivity contribution >= 4 is 5.69 Å². The topological polar surface area (TPSA) is 54.3 Å². The molecule has 0 unspecified atom stereocenters. The molecule has 1 saturated heterocycles. The summed E-state index contributed by atoms with van der Waals surface area (Å²) in [6, 6.07) is 4.83. The van der Waals surface area contributed by atoms with Crippen LogP contribution in [-0.2, 0) is 15.7 Å². The second-order valence-electron chi connectivity index (χ2n) is 4.88. The van der Waals surface area contributed by atoms with E-state index in [2.05, 4.69) is 5.32 Å². The standard InChI is InChI=1S/C14H15F3N2O2/c1-13(20-6-7-21-13)4-5-19-12-3-2-11(14(15,16)17)8-10(12)9-18/h2-3,8,19H,4-7H2,1H3. The van der Waals surface area contributed by atoms with Gasteiger partial charge in [0.2, 0.25) is 0 Å². The molecule has 1 fully saturated rings. The second kappa shape index (κ2) is 5.92. The van der Waals surface area contributed by atoms with Crippen LogP contribution in [-0.4, -0.2) is 25.5 Å². The van der Waals surface area contributed by atoms with E-state index in [1.54, 1.807) is 13.0 Å². The van der Waals surface area contributed by atoms with Crippen LogP contribution in [0.5, 0.6) is 0 Å². The Morgan fingerprint density at radius 1 is 1.33 bits per heavy atom. The number of hydrogen-bond acceptors (Lipinski definition) is 4. The molecule has 1 aromatic rings. The monoisotopic (exact) mass is 300 g/mol. The Labute approximate surface area is 120 Å². The van der Waals surface area contributed by atoms with Gasteiger partial charge in [-0.25, -0.2) is 0 Å². The van der Waals surface area contributed by atoms with Crippen molar-refractivity contribution < 1.29 is 22.6 Å². The van der Waals surface area contributed by atoms with E-state index in [0.29, 0.717) is 31.9 Å². The lowest BCUT2D eigenvalue weighted by Crippen LogP contribution is -2.28. The molecule has 114 valence electrons. The third-order valence-corrected chi connectivity index (χ3v) is 3.26. The largest absolute Gasteiger partial charge is 0.416 e. The van der Waals surface area contributed by atoms with Crippen LogP contribution in [0.15, 0.2) is 18.2 Å². The number of anilines is 1. The van der Waals surface area contributed by atoms with Gasteiger partial charge in [0.25, 0.3) is 0 Å². The molecular formula is C14H15F3N2O2. The van der Waals surface area contributed by atoms with Crippen LogP contribution in [0.2, 0.25) is 0 Å². The molecule has 0 spiro atoms. The van der Waals surface area contributed by atoms with Crippen LogP contribution in [0.25, 0.3) is 0 Å². The van der Waals surface area contributed by atoms with Crippen molar-refractivity contribution in [3.05, 3.63) is 29.3 Å². The quantitative estimate of drug-likeness (QED) is 0.928. The van der Waals surface area contributed by atoms with Crippen LogP contribution in [0.4, 0.5) is 18.9 Å². The third kappa shape index (κ3) is 3.86. The van der Waals surface area contributed by atoms with E-state index in [9.17, 15) is 13.2 Å². The van der Waals surface area contributed by atoms with Crippen LogP contribution in [0.1, 0.15) is 24.5 Å². The summed E-state index contributed by atoms with van der Waals surface area (Å²) < 4.78 is 48.6. The normalized spacial score (nSPS) is 17.5. The summed E-state index contributed by atoms with van der Waals surface area (Å²) >= 11 is 0. The fourth-order valence-electron chi connectivity index (χ4n) is 2.09. The molecule has 1 aromatic carbocycles. The first-order valence-corrected chi connectivity index (χ1v) is 6.47. The number of benzene rings is 1. The van der Waals surface area contributed by atoms with E-state index in [4.69, 9.17) is 14.7 Å². The minimum absolute atomic E-state index is 0.0387. The molecule has 1 N–H and O–H groups in total. The number of rotatable bonds is 4. The van der Waals surface area contributed by atoms with Crippen molar-refractivity contribution in [3.63, 3.8) is 0 Å². The average molecular weight is 300 g/mol. The summed E-state index contributed by atoms with van der Waals surface area (Å²) in [5.41, 5.74) is -0.505. The molecule has 0 aromatic heterocycles. The van der Waals surface area contributed by atoms with Crippen molar-refractivity contribution in [2.75, 3.05) is 25.1 Å². The number of alkyl halides is 3. The molecule has 0 saturated carbocycles. The predicted molar refractivity (Wildman–Crippen MR) is 69.6 cm³/mol. The Morgan fingerprint density at radius 2 is 2.00 bits per heavy atom. The molecule has 1 aliphatic rings. The van der Waals surface area contributed by atoms with E-state index in [0.717, 1.165) is 12.1 Å². The molecular weight excluding hydrogens is 285 g/mol. The lowest BCUT2D eigenvalue weighted by Gasteiger charge is -2.22. The zero-order valence-electron chi connectivity index (χ0n) is 11.5. The van der Waals surface area contributed by atoms with Gasteiger partial charge >= 0.3 is 6.18 Å². The lowest BCUT2D eigenvalue weighted by atomic mass is 10.1. The number of nitrogens with one attached hydrogen (secondary N) is 1. The molecule has 2 rings (SSSR count). The summed E-state index contributed by atoms with van der Waals surface area (Å²) in [7, 11) is 0. The zero-order chi connectivity index (χ0) is 15.5. The molecule has 0 radical (unpaired) electrons. The number of nitriles is 1. The van der Waals surface area contributed by atoms with Crippen molar-refractivity contribution in [1.29, 1.82) is 5.26 Å². The molecule has 0 amide bonds. The van der Waals surface area contributed by atoms with Crippen LogP contribution in [0.3, 0.4) is 0 Å². The van der Waals surface area contributed by atoms with Gasteiger partial charge in [-0.3, -0.25) is 0 Å². The van der Waals surface area contributed by atoms with Crippen LogP contribution < -0.4 is 5.32 Å². The highest BCUT2D eigenvalue weighted by molar-refractivity contribution is 5.59. The van der Waals surface area contributed by atoms with E-state index in [1.807, 2.05) is 0 Å². The minimum atomic E-state index is -4.46. The summed E-state index contributed by atoms with van der Waals surface area (Å²) in [4.78, 5) is 0. The number of nitrogens with zero attached hydrogens (tertiary/aromatic N) is 1. The summed E-state index contributed by atoms with van der Waals surface area (Å²) in [5.74, 6) is -0.675. The van der Waals surface area contributed by atoms with Gasteiger partial charge in [0.05, 0.1) is 30.0 Å².